The second kappa shape index (κ2) is 4.11. The summed E-state index contributed by atoms with van der Waals surface area (Å²) in [5, 5.41) is 17.9. The van der Waals surface area contributed by atoms with Crippen molar-refractivity contribution in [3.05, 3.63) is 32.7 Å². The summed E-state index contributed by atoms with van der Waals surface area (Å²) in [6, 6.07) is 1.97. The molecule has 0 bridgehead atoms. The Kier molecular flexibility index (Phi) is 2.83. The van der Waals surface area contributed by atoms with Gasteiger partial charge in [0, 0.05) is 14.7 Å². The quantitative estimate of drug-likeness (QED) is 0.935. The molecule has 0 saturated heterocycles. The summed E-state index contributed by atoms with van der Waals surface area (Å²) in [4.78, 5) is 11.6. The number of nitrogens with zero attached hydrogens (tertiary/aromatic N) is 3. The van der Waals surface area contributed by atoms with Crippen molar-refractivity contribution in [2.45, 2.75) is 6.54 Å². The second-order valence-electron chi connectivity index (χ2n) is 2.84. The molecule has 0 aliphatic carbocycles. The van der Waals surface area contributed by atoms with Crippen molar-refractivity contribution in [2.24, 2.45) is 0 Å². The Morgan fingerprint density at radius 3 is 3.00 bits per heavy atom. The van der Waals surface area contributed by atoms with Crippen LogP contribution in [0.5, 0.6) is 0 Å². The van der Waals surface area contributed by atoms with Crippen LogP contribution in [0.1, 0.15) is 15.4 Å². The van der Waals surface area contributed by atoms with Crippen LogP contribution in [0.4, 0.5) is 0 Å². The molecule has 1 N–H and O–H groups in total. The first-order valence-electron chi connectivity index (χ1n) is 4.01. The number of hydrogen-bond acceptors (Lipinski definition) is 4. The molecule has 7 heteroatoms. The zero-order chi connectivity index (χ0) is 10.8. The van der Waals surface area contributed by atoms with E-state index in [0.29, 0.717) is 6.54 Å². The maximum absolute atomic E-state index is 10.6. The van der Waals surface area contributed by atoms with Crippen molar-refractivity contribution in [3.63, 3.8) is 0 Å². The zero-order valence-electron chi connectivity index (χ0n) is 7.42. The van der Waals surface area contributed by atoms with Gasteiger partial charge >= 0.3 is 5.97 Å². The highest BCUT2D eigenvalue weighted by atomic mass is 79.9. The lowest BCUT2D eigenvalue weighted by Crippen LogP contribution is -1.98. The first-order valence-corrected chi connectivity index (χ1v) is 5.69. The monoisotopic (exact) mass is 287 g/mol. The van der Waals surface area contributed by atoms with Gasteiger partial charge in [-0.05, 0) is 22.0 Å². The molecule has 0 aliphatic heterocycles. The zero-order valence-corrected chi connectivity index (χ0v) is 9.82. The SMILES string of the molecule is O=C(O)c1cn(Cc2cc(Br)cs2)nn1. The Balaban J connectivity index is 2.14. The highest BCUT2D eigenvalue weighted by Crippen LogP contribution is 2.20. The lowest BCUT2D eigenvalue weighted by Gasteiger charge is -1.94. The molecule has 15 heavy (non-hydrogen) atoms. The smallest absolute Gasteiger partial charge is 0.358 e. The van der Waals surface area contributed by atoms with E-state index in [1.807, 2.05) is 11.4 Å². The fraction of sp³-hybridized carbons (Fsp3) is 0.125. The number of carboxylic acid groups (broad SMARTS) is 1. The van der Waals surface area contributed by atoms with E-state index in [0.717, 1.165) is 9.35 Å². The number of thiophene rings is 1. The first kappa shape index (κ1) is 10.3. The maximum Gasteiger partial charge on any atom is 0.358 e. The normalized spacial score (nSPS) is 10.5. The average Bonchev–Trinajstić information content (AvgIpc) is 2.76. The van der Waals surface area contributed by atoms with Crippen LogP contribution in [0, 0.1) is 0 Å². The number of hydrogen-bond donors (Lipinski definition) is 1. The molecule has 0 atom stereocenters. The number of aromatic nitrogens is 3. The van der Waals surface area contributed by atoms with Crippen molar-refractivity contribution in [3.8, 4) is 0 Å². The van der Waals surface area contributed by atoms with Gasteiger partial charge < -0.3 is 5.11 Å². The van der Waals surface area contributed by atoms with Gasteiger partial charge in [0.05, 0.1) is 12.7 Å². The van der Waals surface area contributed by atoms with Gasteiger partial charge in [-0.1, -0.05) is 5.21 Å². The molecule has 0 unspecified atom stereocenters. The fourth-order valence-corrected chi connectivity index (χ4v) is 2.51. The first-order chi connectivity index (χ1) is 7.15. The van der Waals surface area contributed by atoms with E-state index in [9.17, 15) is 4.79 Å². The van der Waals surface area contributed by atoms with Gasteiger partial charge in [0.15, 0.2) is 5.69 Å². The Bertz CT molecular complexity index is 494. The van der Waals surface area contributed by atoms with Crippen molar-refractivity contribution in [1.82, 2.24) is 15.0 Å². The maximum atomic E-state index is 10.6. The lowest BCUT2D eigenvalue weighted by molar-refractivity contribution is 0.0690. The Hall–Kier alpha value is -1.21. The molecule has 2 rings (SSSR count). The van der Waals surface area contributed by atoms with Gasteiger partial charge in [-0.3, -0.25) is 0 Å². The second-order valence-corrected chi connectivity index (χ2v) is 4.75. The third-order valence-electron chi connectivity index (χ3n) is 1.70. The summed E-state index contributed by atoms with van der Waals surface area (Å²) in [5.74, 6) is -1.06. The number of halogens is 1. The van der Waals surface area contributed by atoms with E-state index in [-0.39, 0.29) is 5.69 Å². The molecule has 0 spiro atoms. The molecule has 2 aromatic heterocycles. The van der Waals surface area contributed by atoms with Gasteiger partial charge in [0.25, 0.3) is 0 Å². The molecular formula is C8H6BrN3O2S. The van der Waals surface area contributed by atoms with Gasteiger partial charge in [0.2, 0.25) is 0 Å². The van der Waals surface area contributed by atoms with Gasteiger partial charge in [-0.25, -0.2) is 9.48 Å². The summed E-state index contributed by atoms with van der Waals surface area (Å²) in [7, 11) is 0. The molecule has 2 aromatic rings. The molecule has 0 amide bonds. The lowest BCUT2D eigenvalue weighted by atomic mass is 10.4. The van der Waals surface area contributed by atoms with Crippen LogP contribution >= 0.6 is 27.3 Å². The minimum atomic E-state index is -1.06. The van der Waals surface area contributed by atoms with Crippen LogP contribution in [0.25, 0.3) is 0 Å². The highest BCUT2D eigenvalue weighted by molar-refractivity contribution is 9.10. The molecule has 0 saturated carbocycles. The number of aromatic carboxylic acids is 1. The number of carboxylic acids is 1. The van der Waals surface area contributed by atoms with Crippen LogP contribution in [-0.2, 0) is 6.54 Å². The summed E-state index contributed by atoms with van der Waals surface area (Å²) < 4.78 is 2.52. The summed E-state index contributed by atoms with van der Waals surface area (Å²) in [5.41, 5.74) is -0.0365. The van der Waals surface area contributed by atoms with Crippen molar-refractivity contribution in [2.75, 3.05) is 0 Å². The van der Waals surface area contributed by atoms with Crippen LogP contribution in [-0.4, -0.2) is 26.1 Å². The van der Waals surface area contributed by atoms with Gasteiger partial charge in [-0.2, -0.15) is 0 Å². The van der Waals surface area contributed by atoms with Crippen LogP contribution < -0.4 is 0 Å². The third-order valence-corrected chi connectivity index (χ3v) is 3.38. The molecule has 0 radical (unpaired) electrons. The van der Waals surface area contributed by atoms with Crippen LogP contribution in [0.15, 0.2) is 22.1 Å². The van der Waals surface area contributed by atoms with Crippen molar-refractivity contribution >= 4 is 33.2 Å². The van der Waals surface area contributed by atoms with Crippen LogP contribution in [0.2, 0.25) is 0 Å². The van der Waals surface area contributed by atoms with Crippen molar-refractivity contribution in [1.29, 1.82) is 0 Å². The van der Waals surface area contributed by atoms with Crippen LogP contribution in [0.3, 0.4) is 0 Å². The van der Waals surface area contributed by atoms with E-state index < -0.39 is 5.97 Å². The Labute approximate surface area is 97.5 Å². The third kappa shape index (κ3) is 2.42. The number of rotatable bonds is 3. The predicted molar refractivity (Wildman–Crippen MR) is 58.1 cm³/mol. The van der Waals surface area contributed by atoms with E-state index in [1.165, 1.54) is 10.9 Å². The predicted octanol–water partition coefficient (Wildman–Crippen LogP) is 1.85. The molecule has 0 aromatic carbocycles. The fourth-order valence-electron chi connectivity index (χ4n) is 1.07. The molecule has 0 aliphatic rings. The highest BCUT2D eigenvalue weighted by Gasteiger charge is 2.08. The minimum absolute atomic E-state index is 0.0365. The summed E-state index contributed by atoms with van der Waals surface area (Å²) in [6.45, 7) is 0.538. The summed E-state index contributed by atoms with van der Waals surface area (Å²) in [6.07, 6.45) is 1.41. The minimum Gasteiger partial charge on any atom is -0.476 e. The topological polar surface area (TPSA) is 68.0 Å². The average molecular weight is 288 g/mol. The van der Waals surface area contributed by atoms with Gasteiger partial charge in [0.1, 0.15) is 0 Å². The number of carbonyl (C=O) groups is 1. The molecule has 0 fully saturated rings. The van der Waals surface area contributed by atoms with E-state index in [4.69, 9.17) is 5.11 Å². The summed E-state index contributed by atoms with van der Waals surface area (Å²) >= 11 is 4.92. The molecule has 5 nitrogen and oxygen atoms in total. The molecular weight excluding hydrogens is 282 g/mol. The van der Waals surface area contributed by atoms with E-state index in [2.05, 4.69) is 26.2 Å². The van der Waals surface area contributed by atoms with E-state index in [1.54, 1.807) is 11.3 Å². The standard InChI is InChI=1S/C8H6BrN3O2S/c9-5-1-6(15-4-5)2-12-3-7(8(13)14)10-11-12/h1,3-4H,2H2,(H,13,14). The Morgan fingerprint density at radius 2 is 2.47 bits per heavy atom. The molecule has 2 heterocycles. The largest absolute Gasteiger partial charge is 0.476 e. The molecule has 78 valence electrons. The van der Waals surface area contributed by atoms with Gasteiger partial charge in [-0.15, -0.1) is 16.4 Å². The van der Waals surface area contributed by atoms with E-state index >= 15 is 0 Å². The van der Waals surface area contributed by atoms with Crippen molar-refractivity contribution < 1.29 is 9.90 Å². The Morgan fingerprint density at radius 1 is 1.67 bits per heavy atom.